The molecule has 0 atom stereocenters. The molecule has 182 valence electrons. The molecule has 0 saturated heterocycles. The summed E-state index contributed by atoms with van der Waals surface area (Å²) >= 11 is 6.30. The zero-order chi connectivity index (χ0) is 24.7. The number of hydrogen-bond donors (Lipinski definition) is 4. The number of rotatable bonds is 11. The number of anilines is 5. The minimum Gasteiger partial charge on any atom is -0.497 e. The molecule has 0 amide bonds. The summed E-state index contributed by atoms with van der Waals surface area (Å²) in [5.74, 6) is 1.70. The van der Waals surface area contributed by atoms with Crippen LogP contribution in [0.1, 0.15) is 12.0 Å². The maximum Gasteiger partial charge on any atom is 0.229 e. The highest BCUT2D eigenvalue weighted by atomic mass is 35.5. The average Bonchev–Trinajstić information content (AvgIpc) is 2.78. The van der Waals surface area contributed by atoms with Crippen LogP contribution in [0.25, 0.3) is 0 Å². The summed E-state index contributed by atoms with van der Waals surface area (Å²) in [7, 11) is -2.06. The molecule has 0 unspecified atom stereocenters. The van der Waals surface area contributed by atoms with Crippen molar-refractivity contribution in [2.45, 2.75) is 13.3 Å². The maximum atomic E-state index is 11.8. The molecule has 0 aliphatic carbocycles. The Bertz CT molecular complexity index is 1260. The number of hydrogen-bond acceptors (Lipinski definition) is 9. The SMILES string of the molecule is COc1ccc(Nc2nc(Nc3cccc(OCCCO)c3C)ncc2Cl)c(NS(C)(=O)=O)c1. The Morgan fingerprint density at radius 1 is 1.12 bits per heavy atom. The van der Waals surface area contributed by atoms with E-state index in [1.54, 1.807) is 18.2 Å². The van der Waals surface area contributed by atoms with Crippen molar-refractivity contribution in [3.8, 4) is 11.5 Å². The number of ether oxygens (including phenoxy) is 2. The second kappa shape index (κ2) is 11.2. The number of sulfonamides is 1. The lowest BCUT2D eigenvalue weighted by molar-refractivity contribution is 0.233. The van der Waals surface area contributed by atoms with Gasteiger partial charge in [-0.1, -0.05) is 17.7 Å². The molecule has 0 saturated carbocycles. The van der Waals surface area contributed by atoms with Gasteiger partial charge >= 0.3 is 0 Å². The first kappa shape index (κ1) is 25.3. The topological polar surface area (TPSA) is 135 Å². The van der Waals surface area contributed by atoms with E-state index in [0.717, 1.165) is 17.5 Å². The van der Waals surface area contributed by atoms with E-state index in [2.05, 4.69) is 25.3 Å². The molecule has 0 aliphatic rings. The number of nitrogens with zero attached hydrogens (tertiary/aromatic N) is 2. The number of methoxy groups -OCH3 is 1. The molecule has 12 heteroatoms. The molecule has 1 aromatic heterocycles. The van der Waals surface area contributed by atoms with Gasteiger partial charge in [-0.2, -0.15) is 4.98 Å². The number of aromatic nitrogens is 2. The van der Waals surface area contributed by atoms with Crippen molar-refractivity contribution in [3.63, 3.8) is 0 Å². The minimum atomic E-state index is -3.54. The fourth-order valence-corrected chi connectivity index (χ4v) is 3.67. The molecule has 34 heavy (non-hydrogen) atoms. The number of benzene rings is 2. The Labute approximate surface area is 203 Å². The van der Waals surface area contributed by atoms with E-state index in [9.17, 15) is 8.42 Å². The highest BCUT2D eigenvalue weighted by molar-refractivity contribution is 7.92. The molecule has 0 spiro atoms. The van der Waals surface area contributed by atoms with Gasteiger partial charge in [0.2, 0.25) is 16.0 Å². The Morgan fingerprint density at radius 3 is 2.62 bits per heavy atom. The first-order chi connectivity index (χ1) is 16.2. The number of nitrogens with one attached hydrogen (secondary N) is 3. The van der Waals surface area contributed by atoms with Crippen LogP contribution in [0.5, 0.6) is 11.5 Å². The quantitative estimate of drug-likeness (QED) is 0.283. The molecule has 0 radical (unpaired) electrons. The van der Waals surface area contributed by atoms with Crippen molar-refractivity contribution >= 4 is 50.5 Å². The van der Waals surface area contributed by atoms with E-state index in [0.29, 0.717) is 30.2 Å². The molecular weight excluding hydrogens is 482 g/mol. The lowest BCUT2D eigenvalue weighted by atomic mass is 10.2. The molecule has 0 bridgehead atoms. The van der Waals surface area contributed by atoms with E-state index in [4.69, 9.17) is 26.2 Å². The zero-order valence-electron chi connectivity index (χ0n) is 18.9. The van der Waals surface area contributed by atoms with Gasteiger partial charge < -0.3 is 25.2 Å². The number of aliphatic hydroxyl groups excluding tert-OH is 1. The van der Waals surface area contributed by atoms with Crippen molar-refractivity contribution < 1.29 is 23.0 Å². The first-order valence-electron chi connectivity index (χ1n) is 10.3. The fourth-order valence-electron chi connectivity index (χ4n) is 2.96. The molecule has 0 aliphatic heterocycles. The summed E-state index contributed by atoms with van der Waals surface area (Å²) in [6, 6.07) is 10.4. The number of aliphatic hydroxyl groups is 1. The number of halogens is 1. The summed E-state index contributed by atoms with van der Waals surface area (Å²) in [6.45, 7) is 2.35. The molecule has 2 aromatic carbocycles. The minimum absolute atomic E-state index is 0.0565. The summed E-state index contributed by atoms with van der Waals surface area (Å²) < 4.78 is 37.0. The third-order valence-corrected chi connectivity index (χ3v) is 5.48. The van der Waals surface area contributed by atoms with Crippen molar-refractivity contribution in [3.05, 3.63) is 53.2 Å². The van der Waals surface area contributed by atoms with E-state index in [1.165, 1.54) is 13.3 Å². The van der Waals surface area contributed by atoms with E-state index >= 15 is 0 Å². The monoisotopic (exact) mass is 507 g/mol. The highest BCUT2D eigenvalue weighted by Crippen LogP contribution is 2.33. The van der Waals surface area contributed by atoms with Crippen LogP contribution >= 0.6 is 11.6 Å². The molecule has 4 N–H and O–H groups in total. The van der Waals surface area contributed by atoms with Crippen LogP contribution in [0.4, 0.5) is 28.8 Å². The van der Waals surface area contributed by atoms with Crippen LogP contribution in [-0.4, -0.2) is 50.1 Å². The summed E-state index contributed by atoms with van der Waals surface area (Å²) in [6.07, 6.45) is 3.03. The van der Waals surface area contributed by atoms with Gasteiger partial charge in [0.25, 0.3) is 0 Å². The summed E-state index contributed by atoms with van der Waals surface area (Å²) in [4.78, 5) is 8.67. The Morgan fingerprint density at radius 2 is 1.91 bits per heavy atom. The van der Waals surface area contributed by atoms with Gasteiger partial charge in [-0.25, -0.2) is 13.4 Å². The van der Waals surface area contributed by atoms with Crippen molar-refractivity contribution in [1.29, 1.82) is 0 Å². The van der Waals surface area contributed by atoms with Gasteiger partial charge in [0.05, 0.1) is 37.5 Å². The van der Waals surface area contributed by atoms with Crippen LogP contribution in [0.2, 0.25) is 5.02 Å². The Hall–Kier alpha value is -3.28. The normalized spacial score (nSPS) is 11.1. The molecule has 3 rings (SSSR count). The third-order valence-electron chi connectivity index (χ3n) is 4.61. The molecule has 0 fully saturated rings. The van der Waals surface area contributed by atoms with E-state index in [-0.39, 0.29) is 29.1 Å². The van der Waals surface area contributed by atoms with Gasteiger partial charge in [-0.3, -0.25) is 4.72 Å². The molecule has 3 aromatic rings. The second-order valence-electron chi connectivity index (χ2n) is 7.28. The fraction of sp³-hybridized carbons (Fsp3) is 0.273. The Kier molecular flexibility index (Phi) is 8.37. The predicted octanol–water partition coefficient (Wildman–Crippen LogP) is 4.07. The van der Waals surface area contributed by atoms with Crippen molar-refractivity contribution in [2.24, 2.45) is 0 Å². The predicted molar refractivity (Wildman–Crippen MR) is 133 cm³/mol. The van der Waals surface area contributed by atoms with Crippen LogP contribution < -0.4 is 24.8 Å². The van der Waals surface area contributed by atoms with Gasteiger partial charge in [-0.15, -0.1) is 0 Å². The van der Waals surface area contributed by atoms with Crippen molar-refractivity contribution in [1.82, 2.24) is 9.97 Å². The maximum absolute atomic E-state index is 11.8. The lowest BCUT2D eigenvalue weighted by Crippen LogP contribution is -2.11. The largest absolute Gasteiger partial charge is 0.497 e. The van der Waals surface area contributed by atoms with Gasteiger partial charge in [0.15, 0.2) is 5.82 Å². The molecular formula is C22H26ClN5O5S. The van der Waals surface area contributed by atoms with E-state index < -0.39 is 10.0 Å². The molecule has 1 heterocycles. The highest BCUT2D eigenvalue weighted by Gasteiger charge is 2.14. The van der Waals surface area contributed by atoms with Gasteiger partial charge in [-0.05, 0) is 31.2 Å². The van der Waals surface area contributed by atoms with E-state index in [1.807, 2.05) is 25.1 Å². The summed E-state index contributed by atoms with van der Waals surface area (Å²) in [5, 5.41) is 15.4. The lowest BCUT2D eigenvalue weighted by Gasteiger charge is -2.16. The van der Waals surface area contributed by atoms with Gasteiger partial charge in [0.1, 0.15) is 16.5 Å². The second-order valence-corrected chi connectivity index (χ2v) is 9.44. The standard InChI is InChI=1S/C22H26ClN5O5S/c1-14-17(6-4-7-20(14)33-11-5-10-29)26-22-24-13-16(23)21(27-22)25-18-9-8-15(32-2)12-19(18)28-34(3,30)31/h4,6-9,12-13,28-29H,5,10-11H2,1-3H3,(H2,24,25,26,27). The summed E-state index contributed by atoms with van der Waals surface area (Å²) in [5.41, 5.74) is 2.28. The average molecular weight is 508 g/mol. The van der Waals surface area contributed by atoms with Crippen LogP contribution in [0, 0.1) is 6.92 Å². The third kappa shape index (κ3) is 6.86. The van der Waals surface area contributed by atoms with Crippen LogP contribution in [0.15, 0.2) is 42.6 Å². The van der Waals surface area contributed by atoms with Crippen molar-refractivity contribution in [2.75, 3.05) is 41.9 Å². The smallest absolute Gasteiger partial charge is 0.229 e. The first-order valence-corrected chi connectivity index (χ1v) is 12.5. The Balaban J connectivity index is 1.86. The van der Waals surface area contributed by atoms with Crippen LogP contribution in [-0.2, 0) is 10.0 Å². The van der Waals surface area contributed by atoms with Gasteiger partial charge in [0, 0.05) is 30.3 Å². The molecule has 10 nitrogen and oxygen atoms in total. The zero-order valence-corrected chi connectivity index (χ0v) is 20.5. The van der Waals surface area contributed by atoms with Crippen LogP contribution in [0.3, 0.4) is 0 Å².